The van der Waals surface area contributed by atoms with E-state index in [4.69, 9.17) is 9.97 Å². The Kier molecular flexibility index (Phi) is 5.91. The summed E-state index contributed by atoms with van der Waals surface area (Å²) < 4.78 is 0. The van der Waals surface area contributed by atoms with Gasteiger partial charge in [-0.2, -0.15) is 0 Å². The molecule has 4 rings (SSSR count). The Labute approximate surface area is 173 Å². The molecular formula is C25H29N3O. The summed E-state index contributed by atoms with van der Waals surface area (Å²) in [4.78, 5) is 12.2. The van der Waals surface area contributed by atoms with Crippen LogP contribution in [0.1, 0.15) is 37.8 Å². The molecule has 0 atom stereocenters. The lowest BCUT2D eigenvalue weighted by Crippen LogP contribution is -2.36. The fraction of sp³-hybridized carbons (Fsp3) is 0.360. The standard InChI is InChI=1S/C25H29N3O/c1-3-18-7-5-9-20(15-18)24-25(21-10-6-8-19(4-2)16-21)27-23(17-26-24)28-13-11-22(29)12-14-28/h5-10,15-17,22,29H,3-4,11-14H2,1-2H3. The van der Waals surface area contributed by atoms with Gasteiger partial charge >= 0.3 is 0 Å². The molecule has 1 N–H and O–H groups in total. The van der Waals surface area contributed by atoms with Gasteiger partial charge in [-0.05, 0) is 48.9 Å². The van der Waals surface area contributed by atoms with Gasteiger partial charge in [-0.25, -0.2) is 4.98 Å². The van der Waals surface area contributed by atoms with Gasteiger partial charge in [-0.15, -0.1) is 0 Å². The van der Waals surface area contributed by atoms with E-state index in [9.17, 15) is 5.11 Å². The molecule has 0 amide bonds. The smallest absolute Gasteiger partial charge is 0.147 e. The second-order valence-electron chi connectivity index (χ2n) is 7.75. The van der Waals surface area contributed by atoms with E-state index >= 15 is 0 Å². The van der Waals surface area contributed by atoms with Gasteiger partial charge in [0.1, 0.15) is 5.82 Å². The van der Waals surface area contributed by atoms with E-state index in [-0.39, 0.29) is 6.10 Å². The summed E-state index contributed by atoms with van der Waals surface area (Å²) in [5.41, 5.74) is 6.66. The fourth-order valence-electron chi connectivity index (χ4n) is 3.92. The number of benzene rings is 2. The van der Waals surface area contributed by atoms with Crippen molar-refractivity contribution in [3.63, 3.8) is 0 Å². The highest BCUT2D eigenvalue weighted by atomic mass is 16.3. The Balaban J connectivity index is 1.81. The van der Waals surface area contributed by atoms with Gasteiger partial charge in [0, 0.05) is 24.2 Å². The number of piperidine rings is 1. The SMILES string of the molecule is CCc1cccc(-c2ncc(N3CCC(O)CC3)nc2-c2cccc(CC)c2)c1. The number of anilines is 1. The number of aliphatic hydroxyl groups is 1. The molecule has 1 fully saturated rings. The topological polar surface area (TPSA) is 49.2 Å². The summed E-state index contributed by atoms with van der Waals surface area (Å²) in [5, 5.41) is 9.84. The largest absolute Gasteiger partial charge is 0.393 e. The van der Waals surface area contributed by atoms with Crippen LogP contribution in [0.4, 0.5) is 5.82 Å². The number of hydrogen-bond donors (Lipinski definition) is 1. The van der Waals surface area contributed by atoms with Crippen LogP contribution in [0.25, 0.3) is 22.5 Å². The van der Waals surface area contributed by atoms with Crippen molar-refractivity contribution in [3.8, 4) is 22.5 Å². The van der Waals surface area contributed by atoms with Gasteiger partial charge in [0.05, 0.1) is 23.7 Å². The minimum atomic E-state index is -0.198. The Bertz CT molecular complexity index is 977. The second-order valence-corrected chi connectivity index (χ2v) is 7.75. The number of rotatable bonds is 5. The van der Waals surface area contributed by atoms with Crippen LogP contribution in [0.2, 0.25) is 0 Å². The number of nitrogens with zero attached hydrogens (tertiary/aromatic N) is 3. The number of hydrogen-bond acceptors (Lipinski definition) is 4. The van der Waals surface area contributed by atoms with E-state index in [0.717, 1.165) is 67.1 Å². The molecule has 2 heterocycles. The predicted molar refractivity (Wildman–Crippen MR) is 119 cm³/mol. The number of aromatic nitrogens is 2. The lowest BCUT2D eigenvalue weighted by atomic mass is 10.00. The van der Waals surface area contributed by atoms with E-state index in [1.807, 2.05) is 6.20 Å². The Morgan fingerprint density at radius 1 is 0.897 bits per heavy atom. The predicted octanol–water partition coefficient (Wildman–Crippen LogP) is 4.90. The third-order valence-electron chi connectivity index (χ3n) is 5.77. The van der Waals surface area contributed by atoms with Crippen molar-refractivity contribution < 1.29 is 5.11 Å². The van der Waals surface area contributed by atoms with Crippen molar-refractivity contribution in [2.45, 2.75) is 45.6 Å². The first-order valence-electron chi connectivity index (χ1n) is 10.7. The maximum absolute atomic E-state index is 9.84. The van der Waals surface area contributed by atoms with Crippen molar-refractivity contribution in [1.82, 2.24) is 9.97 Å². The molecule has 0 bridgehead atoms. The molecule has 1 aromatic heterocycles. The molecule has 0 saturated carbocycles. The quantitative estimate of drug-likeness (QED) is 0.677. The Morgan fingerprint density at radius 2 is 1.48 bits per heavy atom. The molecule has 4 heteroatoms. The molecule has 0 radical (unpaired) electrons. The summed E-state index contributed by atoms with van der Waals surface area (Å²) in [7, 11) is 0. The highest BCUT2D eigenvalue weighted by Crippen LogP contribution is 2.32. The third kappa shape index (κ3) is 4.33. The third-order valence-corrected chi connectivity index (χ3v) is 5.77. The first kappa shape index (κ1) is 19.6. The normalized spacial score (nSPS) is 14.9. The van der Waals surface area contributed by atoms with Gasteiger partial charge in [-0.3, -0.25) is 4.98 Å². The molecule has 2 aromatic carbocycles. The highest BCUT2D eigenvalue weighted by molar-refractivity contribution is 5.79. The first-order chi connectivity index (χ1) is 14.2. The monoisotopic (exact) mass is 387 g/mol. The van der Waals surface area contributed by atoms with Gasteiger partial charge in [0.15, 0.2) is 0 Å². The van der Waals surface area contributed by atoms with E-state index in [1.54, 1.807) is 0 Å². The van der Waals surface area contributed by atoms with Gasteiger partial charge in [0.25, 0.3) is 0 Å². The summed E-state index contributed by atoms with van der Waals surface area (Å²) in [6, 6.07) is 17.2. The molecule has 0 spiro atoms. The lowest BCUT2D eigenvalue weighted by Gasteiger charge is -2.30. The molecule has 1 aliphatic rings. The van der Waals surface area contributed by atoms with Crippen molar-refractivity contribution in [2.75, 3.05) is 18.0 Å². The molecule has 29 heavy (non-hydrogen) atoms. The minimum Gasteiger partial charge on any atom is -0.393 e. The van der Waals surface area contributed by atoms with Crippen LogP contribution in [-0.2, 0) is 12.8 Å². The molecule has 0 unspecified atom stereocenters. The van der Waals surface area contributed by atoms with Crippen molar-refractivity contribution >= 4 is 5.82 Å². The van der Waals surface area contributed by atoms with Crippen LogP contribution in [0.15, 0.2) is 54.7 Å². The van der Waals surface area contributed by atoms with Crippen molar-refractivity contribution in [1.29, 1.82) is 0 Å². The summed E-state index contributed by atoms with van der Waals surface area (Å²) >= 11 is 0. The van der Waals surface area contributed by atoms with E-state index in [2.05, 4.69) is 67.3 Å². The molecular weight excluding hydrogens is 358 g/mol. The van der Waals surface area contributed by atoms with Gasteiger partial charge in [0.2, 0.25) is 0 Å². The maximum Gasteiger partial charge on any atom is 0.147 e. The van der Waals surface area contributed by atoms with Crippen LogP contribution >= 0.6 is 0 Å². The lowest BCUT2D eigenvalue weighted by molar-refractivity contribution is 0.145. The van der Waals surface area contributed by atoms with E-state index < -0.39 is 0 Å². The van der Waals surface area contributed by atoms with Crippen LogP contribution < -0.4 is 4.90 Å². The molecule has 4 nitrogen and oxygen atoms in total. The van der Waals surface area contributed by atoms with Gasteiger partial charge in [-0.1, -0.05) is 50.2 Å². The fourth-order valence-corrected chi connectivity index (χ4v) is 3.92. The Hall–Kier alpha value is -2.72. The summed E-state index contributed by atoms with van der Waals surface area (Å²) in [6.07, 6.45) is 5.24. The van der Waals surface area contributed by atoms with Crippen LogP contribution in [0.3, 0.4) is 0 Å². The first-order valence-corrected chi connectivity index (χ1v) is 10.7. The van der Waals surface area contributed by atoms with Gasteiger partial charge < -0.3 is 10.0 Å². The zero-order valence-corrected chi connectivity index (χ0v) is 17.3. The van der Waals surface area contributed by atoms with Crippen LogP contribution in [-0.4, -0.2) is 34.3 Å². The molecule has 150 valence electrons. The molecule has 3 aromatic rings. The molecule has 1 aliphatic heterocycles. The van der Waals surface area contributed by atoms with Crippen molar-refractivity contribution in [3.05, 3.63) is 65.9 Å². The van der Waals surface area contributed by atoms with E-state index in [0.29, 0.717) is 0 Å². The van der Waals surface area contributed by atoms with E-state index in [1.165, 1.54) is 11.1 Å². The minimum absolute atomic E-state index is 0.198. The summed E-state index contributed by atoms with van der Waals surface area (Å²) in [6.45, 7) is 5.97. The number of aliphatic hydroxyl groups excluding tert-OH is 1. The zero-order chi connectivity index (χ0) is 20.2. The average molecular weight is 388 g/mol. The van der Waals surface area contributed by atoms with Crippen molar-refractivity contribution in [2.24, 2.45) is 0 Å². The zero-order valence-electron chi connectivity index (χ0n) is 17.3. The number of aryl methyl sites for hydroxylation is 2. The molecule has 0 aliphatic carbocycles. The second kappa shape index (κ2) is 8.75. The molecule has 1 saturated heterocycles. The maximum atomic E-state index is 9.84. The Morgan fingerprint density at radius 3 is 2.07 bits per heavy atom. The van der Waals surface area contributed by atoms with Crippen LogP contribution in [0.5, 0.6) is 0 Å². The van der Waals surface area contributed by atoms with Crippen LogP contribution in [0, 0.1) is 0 Å². The summed E-state index contributed by atoms with van der Waals surface area (Å²) in [5.74, 6) is 0.893. The average Bonchev–Trinajstić information content (AvgIpc) is 2.79. The highest BCUT2D eigenvalue weighted by Gasteiger charge is 2.20.